The highest BCUT2D eigenvalue weighted by Gasteiger charge is 2.14. The van der Waals surface area contributed by atoms with Crippen molar-refractivity contribution in [2.24, 2.45) is 4.99 Å². The summed E-state index contributed by atoms with van der Waals surface area (Å²) < 4.78 is 0.913. The zero-order valence-corrected chi connectivity index (χ0v) is 14.7. The quantitative estimate of drug-likeness (QED) is 0.820. The van der Waals surface area contributed by atoms with Gasteiger partial charge in [0.05, 0.1) is 11.4 Å². The number of nitrogens with zero attached hydrogens (tertiary/aromatic N) is 1. The second kappa shape index (κ2) is 7.68. The van der Waals surface area contributed by atoms with Crippen molar-refractivity contribution in [3.63, 3.8) is 0 Å². The molecule has 0 radical (unpaired) electrons. The molecule has 3 rings (SSSR count). The molecule has 0 spiro atoms. The lowest BCUT2D eigenvalue weighted by atomic mass is 10.1. The Kier molecular flexibility index (Phi) is 5.37. The van der Waals surface area contributed by atoms with Crippen molar-refractivity contribution in [1.82, 2.24) is 0 Å². The van der Waals surface area contributed by atoms with Gasteiger partial charge in [0.2, 0.25) is 5.91 Å². The number of aliphatic imine (C=N–C) groups is 1. The topological polar surface area (TPSA) is 58.5 Å². The molecule has 0 unspecified atom stereocenters. The molecule has 0 saturated carbocycles. The summed E-state index contributed by atoms with van der Waals surface area (Å²) in [6.45, 7) is 1.52. The Hall–Kier alpha value is -2.05. The summed E-state index contributed by atoms with van der Waals surface area (Å²) in [5.74, 6) is 1.12. The van der Waals surface area contributed by atoms with Gasteiger partial charge < -0.3 is 5.32 Å². The number of thioether (sulfide) groups is 2. The van der Waals surface area contributed by atoms with Gasteiger partial charge in [-0.05, 0) is 42.8 Å². The molecule has 1 heterocycles. The SMILES string of the molecule is CC(=O)c1ccc(NC(=O)CSC2=Nc3ccccc3CS2)cc1. The van der Waals surface area contributed by atoms with Crippen molar-refractivity contribution in [2.45, 2.75) is 12.7 Å². The molecule has 0 atom stereocenters. The molecule has 1 N–H and O–H groups in total. The summed E-state index contributed by atoms with van der Waals surface area (Å²) >= 11 is 3.10. The number of hydrogen-bond donors (Lipinski definition) is 1. The fraction of sp³-hybridized carbons (Fsp3) is 0.167. The van der Waals surface area contributed by atoms with Gasteiger partial charge in [0.1, 0.15) is 4.38 Å². The Morgan fingerprint density at radius 1 is 1.17 bits per heavy atom. The summed E-state index contributed by atoms with van der Waals surface area (Å²) in [5.41, 5.74) is 3.53. The van der Waals surface area contributed by atoms with Crippen LogP contribution in [0.5, 0.6) is 0 Å². The summed E-state index contributed by atoms with van der Waals surface area (Å²) in [4.78, 5) is 27.9. The first-order valence-corrected chi connectivity index (χ1v) is 9.42. The maximum Gasteiger partial charge on any atom is 0.234 e. The first-order chi connectivity index (χ1) is 11.6. The standard InChI is InChI=1S/C18H16N2O2S2/c1-12(21)13-6-8-15(9-7-13)19-17(22)11-24-18-20-16-5-3-2-4-14(16)10-23-18/h2-9H,10-11H2,1H3,(H,19,22). The van der Waals surface area contributed by atoms with E-state index in [-0.39, 0.29) is 11.7 Å². The summed E-state index contributed by atoms with van der Waals surface area (Å²) in [7, 11) is 0. The van der Waals surface area contributed by atoms with Crippen molar-refractivity contribution >= 4 is 51.0 Å². The molecule has 0 saturated heterocycles. The van der Waals surface area contributed by atoms with Crippen LogP contribution in [0.25, 0.3) is 0 Å². The van der Waals surface area contributed by atoms with Crippen molar-refractivity contribution in [2.75, 3.05) is 11.1 Å². The number of carbonyl (C=O) groups excluding carboxylic acids is 2. The number of para-hydroxylation sites is 1. The first kappa shape index (κ1) is 16.8. The van der Waals surface area contributed by atoms with Crippen LogP contribution in [0.2, 0.25) is 0 Å². The molecule has 1 aliphatic heterocycles. The fourth-order valence-electron chi connectivity index (χ4n) is 2.20. The highest BCUT2D eigenvalue weighted by molar-refractivity contribution is 8.38. The van der Waals surface area contributed by atoms with E-state index in [2.05, 4.69) is 16.4 Å². The van der Waals surface area contributed by atoms with Crippen molar-refractivity contribution < 1.29 is 9.59 Å². The number of benzene rings is 2. The molecule has 0 fully saturated rings. The Morgan fingerprint density at radius 2 is 1.92 bits per heavy atom. The van der Waals surface area contributed by atoms with E-state index in [0.717, 1.165) is 15.8 Å². The molecule has 24 heavy (non-hydrogen) atoms. The van der Waals surface area contributed by atoms with Gasteiger partial charge in [-0.15, -0.1) is 0 Å². The molecule has 4 nitrogen and oxygen atoms in total. The maximum atomic E-state index is 12.1. The Morgan fingerprint density at radius 3 is 2.67 bits per heavy atom. The molecule has 2 aromatic carbocycles. The predicted octanol–water partition coefficient (Wildman–Crippen LogP) is 4.50. The third kappa shape index (κ3) is 4.27. The molecule has 122 valence electrons. The van der Waals surface area contributed by atoms with Crippen LogP contribution in [0.3, 0.4) is 0 Å². The van der Waals surface area contributed by atoms with Crippen LogP contribution in [0.4, 0.5) is 11.4 Å². The molecule has 2 aromatic rings. The van der Waals surface area contributed by atoms with Gasteiger partial charge in [-0.1, -0.05) is 41.7 Å². The Balaban J connectivity index is 1.54. The van der Waals surface area contributed by atoms with E-state index in [1.54, 1.807) is 36.0 Å². The van der Waals surface area contributed by atoms with Gasteiger partial charge >= 0.3 is 0 Å². The van der Waals surface area contributed by atoms with E-state index in [0.29, 0.717) is 17.0 Å². The highest BCUT2D eigenvalue weighted by atomic mass is 32.2. The average molecular weight is 356 g/mol. The van der Waals surface area contributed by atoms with E-state index in [9.17, 15) is 9.59 Å². The number of nitrogens with one attached hydrogen (secondary N) is 1. The minimum absolute atomic E-state index is 0.0102. The van der Waals surface area contributed by atoms with Gasteiger partial charge in [0.15, 0.2) is 5.78 Å². The van der Waals surface area contributed by atoms with Crippen LogP contribution in [0.15, 0.2) is 53.5 Å². The number of hydrogen-bond acceptors (Lipinski definition) is 5. The molecule has 0 bridgehead atoms. The number of rotatable bonds is 4. The lowest BCUT2D eigenvalue weighted by Crippen LogP contribution is -2.15. The molecule has 1 aliphatic rings. The monoisotopic (exact) mass is 356 g/mol. The Bertz CT molecular complexity index is 801. The lowest BCUT2D eigenvalue weighted by molar-refractivity contribution is -0.113. The minimum atomic E-state index is -0.0854. The summed E-state index contributed by atoms with van der Waals surface area (Å²) in [5, 5.41) is 2.83. The maximum absolute atomic E-state index is 12.1. The largest absolute Gasteiger partial charge is 0.325 e. The first-order valence-electron chi connectivity index (χ1n) is 7.45. The Labute approximate surface area is 149 Å². The lowest BCUT2D eigenvalue weighted by Gasteiger charge is -2.14. The van der Waals surface area contributed by atoms with Crippen LogP contribution >= 0.6 is 23.5 Å². The molecule has 0 aromatic heterocycles. The second-order valence-electron chi connectivity index (χ2n) is 5.27. The normalized spacial score (nSPS) is 13.0. The third-order valence-corrected chi connectivity index (χ3v) is 5.70. The van der Waals surface area contributed by atoms with Crippen LogP contribution < -0.4 is 5.32 Å². The highest BCUT2D eigenvalue weighted by Crippen LogP contribution is 2.34. The van der Waals surface area contributed by atoms with Gasteiger partial charge in [-0.25, -0.2) is 4.99 Å². The van der Waals surface area contributed by atoms with E-state index in [4.69, 9.17) is 0 Å². The van der Waals surface area contributed by atoms with Crippen LogP contribution in [-0.4, -0.2) is 21.8 Å². The molecular formula is C18H16N2O2S2. The smallest absolute Gasteiger partial charge is 0.234 e. The van der Waals surface area contributed by atoms with Gasteiger partial charge in [0, 0.05) is 17.0 Å². The number of fused-ring (bicyclic) bond motifs is 1. The van der Waals surface area contributed by atoms with Crippen molar-refractivity contribution in [3.05, 3.63) is 59.7 Å². The summed E-state index contributed by atoms with van der Waals surface area (Å²) in [6, 6.07) is 14.9. The van der Waals surface area contributed by atoms with E-state index >= 15 is 0 Å². The van der Waals surface area contributed by atoms with Crippen LogP contribution in [0.1, 0.15) is 22.8 Å². The van der Waals surface area contributed by atoms with Gasteiger partial charge in [-0.2, -0.15) is 0 Å². The van der Waals surface area contributed by atoms with Crippen molar-refractivity contribution in [1.29, 1.82) is 0 Å². The average Bonchev–Trinajstić information content (AvgIpc) is 2.60. The van der Waals surface area contributed by atoms with E-state index in [1.165, 1.54) is 24.2 Å². The molecule has 6 heteroatoms. The molecule has 0 aliphatic carbocycles. The van der Waals surface area contributed by atoms with Gasteiger partial charge in [-0.3, -0.25) is 9.59 Å². The number of Topliss-reactive ketones (excluding diaryl/α,β-unsaturated/α-hetero) is 1. The minimum Gasteiger partial charge on any atom is -0.325 e. The van der Waals surface area contributed by atoms with E-state index < -0.39 is 0 Å². The number of amides is 1. The number of carbonyl (C=O) groups is 2. The number of ketones is 1. The number of anilines is 1. The zero-order chi connectivity index (χ0) is 16.9. The summed E-state index contributed by atoms with van der Waals surface area (Å²) in [6.07, 6.45) is 0. The zero-order valence-electron chi connectivity index (χ0n) is 13.1. The third-order valence-electron chi connectivity index (χ3n) is 3.46. The fourth-order valence-corrected chi connectivity index (χ4v) is 4.06. The van der Waals surface area contributed by atoms with E-state index in [1.807, 2.05) is 18.2 Å². The predicted molar refractivity (Wildman–Crippen MR) is 102 cm³/mol. The van der Waals surface area contributed by atoms with Crippen LogP contribution in [0, 0.1) is 0 Å². The van der Waals surface area contributed by atoms with Crippen molar-refractivity contribution in [3.8, 4) is 0 Å². The van der Waals surface area contributed by atoms with Crippen LogP contribution in [-0.2, 0) is 10.5 Å². The van der Waals surface area contributed by atoms with Gasteiger partial charge in [0.25, 0.3) is 0 Å². The molecule has 1 amide bonds. The molecular weight excluding hydrogens is 340 g/mol. The second-order valence-corrected chi connectivity index (χ2v) is 7.45.